The minimum absolute atomic E-state index is 0.102. The van der Waals surface area contributed by atoms with E-state index in [4.69, 9.17) is 4.74 Å². The van der Waals surface area contributed by atoms with Gasteiger partial charge in [-0.15, -0.1) is 11.3 Å². The Bertz CT molecular complexity index is 1160. The summed E-state index contributed by atoms with van der Waals surface area (Å²) < 4.78 is 5.91. The van der Waals surface area contributed by atoms with Crippen molar-refractivity contribution < 1.29 is 14.3 Å². The van der Waals surface area contributed by atoms with Crippen molar-refractivity contribution in [2.24, 2.45) is 0 Å². The number of carbonyl (C=O) groups excluding carboxylic acids is 2. The predicted octanol–water partition coefficient (Wildman–Crippen LogP) is 4.28. The molecule has 1 saturated heterocycles. The summed E-state index contributed by atoms with van der Waals surface area (Å²) in [5.41, 5.74) is 2.68. The van der Waals surface area contributed by atoms with Gasteiger partial charge in [0.1, 0.15) is 5.75 Å². The lowest BCUT2D eigenvalue weighted by atomic mass is 10.2. The molecule has 3 aromatic rings. The third kappa shape index (κ3) is 7.94. The number of nitrogens with zero attached hydrogens (tertiary/aromatic N) is 3. The van der Waals surface area contributed by atoms with Crippen LogP contribution < -0.4 is 10.1 Å². The van der Waals surface area contributed by atoms with Gasteiger partial charge in [-0.25, -0.2) is 4.98 Å². The molecule has 36 heavy (non-hydrogen) atoms. The van der Waals surface area contributed by atoms with Gasteiger partial charge >= 0.3 is 0 Å². The van der Waals surface area contributed by atoms with Gasteiger partial charge in [0.15, 0.2) is 4.34 Å². The largest absolute Gasteiger partial charge is 0.497 e. The maximum atomic E-state index is 12.8. The highest BCUT2D eigenvalue weighted by Gasteiger charge is 2.21. The van der Waals surface area contributed by atoms with Crippen LogP contribution in [0.25, 0.3) is 6.08 Å². The van der Waals surface area contributed by atoms with Crippen LogP contribution in [0.5, 0.6) is 5.75 Å². The number of thiazole rings is 1. The van der Waals surface area contributed by atoms with Gasteiger partial charge in [-0.05, 0) is 29.8 Å². The third-order valence-corrected chi connectivity index (χ3v) is 7.83. The fourth-order valence-corrected chi connectivity index (χ4v) is 5.43. The van der Waals surface area contributed by atoms with E-state index in [0.29, 0.717) is 6.42 Å². The van der Waals surface area contributed by atoms with Crippen LogP contribution in [0, 0.1) is 0 Å². The molecule has 1 fully saturated rings. The summed E-state index contributed by atoms with van der Waals surface area (Å²) in [7, 11) is 1.60. The number of amides is 2. The number of anilines is 1. The lowest BCUT2D eigenvalue weighted by Gasteiger charge is -2.34. The van der Waals surface area contributed by atoms with Gasteiger partial charge < -0.3 is 15.0 Å². The van der Waals surface area contributed by atoms with E-state index in [1.807, 2.05) is 28.5 Å². The van der Waals surface area contributed by atoms with E-state index in [2.05, 4.69) is 39.5 Å². The first-order valence-corrected chi connectivity index (χ1v) is 13.7. The molecule has 0 saturated carbocycles. The minimum atomic E-state index is -0.102. The van der Waals surface area contributed by atoms with Crippen LogP contribution in [-0.2, 0) is 16.0 Å². The molecule has 0 atom stereocenters. The monoisotopic (exact) mass is 522 g/mol. The number of thioether (sulfide) groups is 1. The zero-order valence-corrected chi connectivity index (χ0v) is 21.9. The van der Waals surface area contributed by atoms with E-state index in [1.165, 1.54) is 28.7 Å². The fourth-order valence-electron chi connectivity index (χ4n) is 3.78. The Morgan fingerprint density at radius 1 is 1.08 bits per heavy atom. The van der Waals surface area contributed by atoms with Crippen molar-refractivity contribution in [3.63, 3.8) is 0 Å². The van der Waals surface area contributed by atoms with Crippen LogP contribution in [0.15, 0.2) is 70.4 Å². The molecule has 1 aliphatic heterocycles. The molecule has 9 heteroatoms. The minimum Gasteiger partial charge on any atom is -0.497 e. The van der Waals surface area contributed by atoms with E-state index in [0.717, 1.165) is 54.2 Å². The highest BCUT2D eigenvalue weighted by atomic mass is 32.2. The average molecular weight is 523 g/mol. The van der Waals surface area contributed by atoms with Crippen LogP contribution >= 0.6 is 23.1 Å². The van der Waals surface area contributed by atoms with Crippen LogP contribution in [0.1, 0.15) is 11.3 Å². The molecule has 0 spiro atoms. The Kier molecular flexibility index (Phi) is 9.54. The second-order valence-electron chi connectivity index (χ2n) is 8.34. The van der Waals surface area contributed by atoms with E-state index in [-0.39, 0.29) is 17.6 Å². The zero-order chi connectivity index (χ0) is 25.2. The van der Waals surface area contributed by atoms with Gasteiger partial charge in [-0.3, -0.25) is 14.5 Å². The van der Waals surface area contributed by atoms with Crippen molar-refractivity contribution in [2.45, 2.75) is 10.8 Å². The number of ether oxygens (including phenoxy) is 1. The molecule has 188 valence electrons. The Morgan fingerprint density at radius 3 is 2.56 bits per heavy atom. The maximum Gasteiger partial charge on any atom is 0.234 e. The summed E-state index contributed by atoms with van der Waals surface area (Å²) in [5.74, 6) is 1.00. The molecule has 7 nitrogen and oxygen atoms in total. The molecule has 0 bridgehead atoms. The van der Waals surface area contributed by atoms with Crippen molar-refractivity contribution in [3.05, 3.63) is 77.3 Å². The quantitative estimate of drug-likeness (QED) is 0.401. The molecular weight excluding hydrogens is 492 g/mol. The van der Waals surface area contributed by atoms with Crippen molar-refractivity contribution in [2.75, 3.05) is 50.9 Å². The second kappa shape index (κ2) is 13.2. The third-order valence-electron chi connectivity index (χ3n) is 5.76. The van der Waals surface area contributed by atoms with E-state index < -0.39 is 0 Å². The SMILES string of the molecule is COc1ccc(NC(=O)CSc2nc(CC(=O)N3CCN(C/C=C/c4ccccc4)CC3)cs2)cc1. The van der Waals surface area contributed by atoms with Gasteiger partial charge in [0.05, 0.1) is 25.0 Å². The molecule has 4 rings (SSSR count). The Hall–Kier alpha value is -3.14. The van der Waals surface area contributed by atoms with Crippen molar-refractivity contribution in [3.8, 4) is 5.75 Å². The number of hydrogen-bond acceptors (Lipinski definition) is 7. The van der Waals surface area contributed by atoms with E-state index in [9.17, 15) is 9.59 Å². The van der Waals surface area contributed by atoms with Crippen LogP contribution in [0.4, 0.5) is 5.69 Å². The molecule has 0 radical (unpaired) electrons. The van der Waals surface area contributed by atoms with Crippen LogP contribution in [-0.4, -0.2) is 72.2 Å². The van der Waals surface area contributed by atoms with Gasteiger partial charge in [0, 0.05) is 43.8 Å². The number of rotatable bonds is 10. The van der Waals surface area contributed by atoms with Gasteiger partial charge in [0.2, 0.25) is 11.8 Å². The second-order valence-corrected chi connectivity index (χ2v) is 10.4. The standard InChI is InChI=1S/C27H30N4O3S2/c1-34-24-11-9-22(10-12-24)28-25(32)20-36-27-29-23(19-35-27)18-26(33)31-16-14-30(15-17-31)13-5-8-21-6-3-2-4-7-21/h2-12,19H,13-18,20H2,1H3,(H,28,32)/b8-5+. The lowest BCUT2D eigenvalue weighted by molar-refractivity contribution is -0.132. The Morgan fingerprint density at radius 2 is 1.83 bits per heavy atom. The van der Waals surface area contributed by atoms with Crippen molar-refractivity contribution in [1.29, 1.82) is 0 Å². The topological polar surface area (TPSA) is 74.8 Å². The summed E-state index contributed by atoms with van der Waals surface area (Å²) in [4.78, 5) is 33.8. The Labute approximate surface area is 220 Å². The first-order valence-electron chi connectivity index (χ1n) is 11.8. The van der Waals surface area contributed by atoms with Crippen molar-refractivity contribution in [1.82, 2.24) is 14.8 Å². The van der Waals surface area contributed by atoms with Crippen LogP contribution in [0.2, 0.25) is 0 Å². The van der Waals surface area contributed by atoms with E-state index in [1.54, 1.807) is 31.4 Å². The molecule has 2 aromatic carbocycles. The van der Waals surface area contributed by atoms with Gasteiger partial charge in [-0.1, -0.05) is 54.2 Å². The van der Waals surface area contributed by atoms with Gasteiger partial charge in [0.25, 0.3) is 0 Å². The molecule has 1 N–H and O–H groups in total. The highest BCUT2D eigenvalue weighted by molar-refractivity contribution is 8.01. The maximum absolute atomic E-state index is 12.8. The summed E-state index contributed by atoms with van der Waals surface area (Å²) in [5, 5.41) is 4.77. The number of benzene rings is 2. The number of nitrogens with one attached hydrogen (secondary N) is 1. The van der Waals surface area contributed by atoms with Crippen molar-refractivity contribution >= 4 is 46.7 Å². The fraction of sp³-hybridized carbons (Fsp3) is 0.296. The molecule has 2 amide bonds. The van der Waals surface area contributed by atoms with E-state index >= 15 is 0 Å². The Balaban J connectivity index is 1.16. The lowest BCUT2D eigenvalue weighted by Crippen LogP contribution is -2.49. The average Bonchev–Trinajstić information content (AvgIpc) is 3.36. The van der Waals surface area contributed by atoms with Crippen LogP contribution in [0.3, 0.4) is 0 Å². The molecule has 2 heterocycles. The first-order chi connectivity index (χ1) is 17.6. The number of methoxy groups -OCH3 is 1. The van der Waals surface area contributed by atoms with Gasteiger partial charge in [-0.2, -0.15) is 0 Å². The molecule has 0 aliphatic carbocycles. The normalized spacial score (nSPS) is 14.2. The summed E-state index contributed by atoms with van der Waals surface area (Å²) in [6, 6.07) is 17.5. The number of carbonyl (C=O) groups is 2. The smallest absolute Gasteiger partial charge is 0.234 e. The number of aromatic nitrogens is 1. The summed E-state index contributed by atoms with van der Waals surface area (Å²) in [6.45, 7) is 4.08. The first kappa shape index (κ1) is 25.9. The predicted molar refractivity (Wildman–Crippen MR) is 147 cm³/mol. The zero-order valence-electron chi connectivity index (χ0n) is 20.3. The summed E-state index contributed by atoms with van der Waals surface area (Å²) in [6.07, 6.45) is 4.61. The molecular formula is C27H30N4O3S2. The molecule has 1 aliphatic rings. The number of hydrogen-bond donors (Lipinski definition) is 1. The summed E-state index contributed by atoms with van der Waals surface area (Å²) >= 11 is 2.85. The highest BCUT2D eigenvalue weighted by Crippen LogP contribution is 2.24. The molecule has 1 aromatic heterocycles. The molecule has 0 unspecified atom stereocenters. The number of piperazine rings is 1.